The molecule has 1 aliphatic rings. The minimum atomic E-state index is -0.897. The van der Waals surface area contributed by atoms with Gasteiger partial charge in [0.15, 0.2) is 0 Å². The summed E-state index contributed by atoms with van der Waals surface area (Å²) in [4.78, 5) is 42.9. The molecule has 212 valence electrons. The van der Waals surface area contributed by atoms with Crippen LogP contribution in [0.5, 0.6) is 0 Å². The van der Waals surface area contributed by atoms with Crippen LogP contribution in [0.2, 0.25) is 0 Å². The number of amides is 3. The minimum absolute atomic E-state index is 0.0983. The molecule has 0 saturated heterocycles. The number of nitrogens with one attached hydrogen (secondary N) is 2. The summed E-state index contributed by atoms with van der Waals surface area (Å²) in [5.41, 5.74) is 3.04. The van der Waals surface area contributed by atoms with E-state index in [0.29, 0.717) is 6.54 Å². The first-order valence-corrected chi connectivity index (χ1v) is 14.1. The second kappa shape index (κ2) is 13.1. The van der Waals surface area contributed by atoms with E-state index in [1.54, 1.807) is 25.7 Å². The van der Waals surface area contributed by atoms with Crippen LogP contribution in [0.15, 0.2) is 48.5 Å². The van der Waals surface area contributed by atoms with Crippen LogP contribution in [0, 0.1) is 19.8 Å². The predicted molar refractivity (Wildman–Crippen MR) is 154 cm³/mol. The average Bonchev–Trinajstić information content (AvgIpc) is 3.57. The molecule has 0 radical (unpaired) electrons. The second-order valence-corrected chi connectivity index (χ2v) is 11.8. The smallest absolute Gasteiger partial charge is 0.408 e. The molecule has 1 aliphatic carbocycles. The summed E-state index contributed by atoms with van der Waals surface area (Å²) in [6.07, 6.45) is 2.25. The third-order valence-electron chi connectivity index (χ3n) is 7.03. The Kier molecular flexibility index (Phi) is 10.2. The van der Waals surface area contributed by atoms with E-state index in [4.69, 9.17) is 4.74 Å². The van der Waals surface area contributed by atoms with Crippen LogP contribution in [0.25, 0.3) is 0 Å². The van der Waals surface area contributed by atoms with Gasteiger partial charge in [-0.1, -0.05) is 74.4 Å². The summed E-state index contributed by atoms with van der Waals surface area (Å²) in [7, 11) is 0. The Hall–Kier alpha value is -3.35. The van der Waals surface area contributed by atoms with Crippen molar-refractivity contribution in [3.8, 4) is 0 Å². The van der Waals surface area contributed by atoms with E-state index in [2.05, 4.69) is 24.5 Å². The van der Waals surface area contributed by atoms with E-state index >= 15 is 0 Å². The van der Waals surface area contributed by atoms with Crippen LogP contribution in [0.1, 0.15) is 82.2 Å². The zero-order valence-electron chi connectivity index (χ0n) is 24.5. The molecule has 4 unspecified atom stereocenters. The lowest BCUT2D eigenvalue weighted by molar-refractivity contribution is -0.143. The van der Waals surface area contributed by atoms with Crippen molar-refractivity contribution in [2.45, 2.75) is 97.9 Å². The first-order valence-electron chi connectivity index (χ1n) is 14.1. The summed E-state index contributed by atoms with van der Waals surface area (Å²) in [6.45, 7) is 14.1. The van der Waals surface area contributed by atoms with Crippen LogP contribution in [0.3, 0.4) is 0 Å². The van der Waals surface area contributed by atoms with Gasteiger partial charge in [0.05, 0.1) is 0 Å². The Labute approximate surface area is 233 Å². The van der Waals surface area contributed by atoms with Crippen LogP contribution in [-0.4, -0.2) is 47.0 Å². The van der Waals surface area contributed by atoms with Crippen molar-refractivity contribution in [1.29, 1.82) is 0 Å². The molecule has 0 spiro atoms. The van der Waals surface area contributed by atoms with Crippen LogP contribution in [-0.2, 0) is 20.7 Å². The van der Waals surface area contributed by atoms with E-state index in [1.165, 1.54) is 0 Å². The van der Waals surface area contributed by atoms with Gasteiger partial charge in [0.1, 0.15) is 17.7 Å². The van der Waals surface area contributed by atoms with E-state index < -0.39 is 23.8 Å². The first-order chi connectivity index (χ1) is 18.4. The van der Waals surface area contributed by atoms with Crippen LogP contribution >= 0.6 is 0 Å². The summed E-state index contributed by atoms with van der Waals surface area (Å²) >= 11 is 0. The lowest BCUT2D eigenvalue weighted by atomic mass is 9.95. The van der Waals surface area contributed by atoms with Gasteiger partial charge < -0.3 is 20.3 Å². The molecule has 2 aromatic carbocycles. The molecule has 7 heteroatoms. The van der Waals surface area contributed by atoms with Gasteiger partial charge in [0, 0.05) is 19.0 Å². The highest BCUT2D eigenvalue weighted by Gasteiger charge is 2.48. The molecule has 0 aliphatic heterocycles. The lowest BCUT2D eigenvalue weighted by Crippen LogP contribution is -2.55. The van der Waals surface area contributed by atoms with Crippen molar-refractivity contribution in [2.24, 2.45) is 5.92 Å². The predicted octanol–water partition coefficient (Wildman–Crippen LogP) is 5.63. The highest BCUT2D eigenvalue weighted by molar-refractivity contribution is 5.93. The molecular weight excluding hydrogens is 490 g/mol. The standard InChI is InChI=1S/C32H45N3O4/c1-8-9-17-33-29(36)28(25-16-15-21(2)18-22(25)3)35(27-19-23(27)4)30(37)26(20-24-13-11-10-12-14-24)34-31(38)39-32(5,6)7/h10-16,18,23,26-28H,8-9,17,19-20H2,1-7H3,(H,33,36)(H,34,38). The number of aryl methyl sites for hydroxylation is 2. The Morgan fingerprint density at radius 3 is 2.31 bits per heavy atom. The maximum atomic E-state index is 14.5. The number of unbranched alkanes of at least 4 members (excludes halogenated alkanes) is 1. The van der Waals surface area contributed by atoms with Gasteiger partial charge in [-0.15, -0.1) is 0 Å². The zero-order valence-corrected chi connectivity index (χ0v) is 24.5. The fraction of sp³-hybridized carbons (Fsp3) is 0.531. The fourth-order valence-electron chi connectivity index (χ4n) is 4.89. The molecule has 0 heterocycles. The number of nitrogens with zero attached hydrogens (tertiary/aromatic N) is 1. The molecular formula is C32H45N3O4. The zero-order chi connectivity index (χ0) is 28.7. The topological polar surface area (TPSA) is 87.7 Å². The van der Waals surface area contributed by atoms with Gasteiger partial charge >= 0.3 is 6.09 Å². The summed E-state index contributed by atoms with van der Waals surface area (Å²) in [6, 6.07) is 13.8. The third-order valence-corrected chi connectivity index (χ3v) is 7.03. The van der Waals surface area contributed by atoms with Gasteiger partial charge in [0.2, 0.25) is 11.8 Å². The largest absolute Gasteiger partial charge is 0.444 e. The highest BCUT2D eigenvalue weighted by atomic mass is 16.6. The fourth-order valence-corrected chi connectivity index (χ4v) is 4.89. The molecule has 39 heavy (non-hydrogen) atoms. The second-order valence-electron chi connectivity index (χ2n) is 11.8. The van der Waals surface area contributed by atoms with E-state index in [9.17, 15) is 14.4 Å². The molecule has 0 aromatic heterocycles. The molecule has 3 rings (SSSR count). The molecule has 2 N–H and O–H groups in total. The van der Waals surface area contributed by atoms with Crippen molar-refractivity contribution in [3.05, 3.63) is 70.8 Å². The van der Waals surface area contributed by atoms with Crippen molar-refractivity contribution >= 4 is 17.9 Å². The lowest BCUT2D eigenvalue weighted by Gasteiger charge is -2.36. The molecule has 2 aromatic rings. The number of alkyl carbamates (subject to hydrolysis) is 1. The number of carbonyl (C=O) groups excluding carboxylic acids is 3. The number of hydrogen-bond donors (Lipinski definition) is 2. The van der Waals surface area contributed by atoms with Crippen molar-refractivity contribution in [2.75, 3.05) is 6.54 Å². The van der Waals surface area contributed by atoms with Gasteiger partial charge in [-0.3, -0.25) is 9.59 Å². The number of rotatable bonds is 11. The maximum absolute atomic E-state index is 14.5. The summed E-state index contributed by atoms with van der Waals surface area (Å²) < 4.78 is 5.52. The molecule has 7 nitrogen and oxygen atoms in total. The van der Waals surface area contributed by atoms with Crippen LogP contribution in [0.4, 0.5) is 4.79 Å². The third kappa shape index (κ3) is 8.57. The van der Waals surface area contributed by atoms with Crippen molar-refractivity contribution in [3.63, 3.8) is 0 Å². The van der Waals surface area contributed by atoms with E-state index in [1.807, 2.05) is 62.4 Å². The number of benzene rings is 2. The normalized spacial score (nSPS) is 18.0. The van der Waals surface area contributed by atoms with Crippen LogP contribution < -0.4 is 10.6 Å². The van der Waals surface area contributed by atoms with Crippen molar-refractivity contribution < 1.29 is 19.1 Å². The van der Waals surface area contributed by atoms with Gasteiger partial charge in [-0.2, -0.15) is 0 Å². The quantitative estimate of drug-likeness (QED) is 0.365. The van der Waals surface area contributed by atoms with E-state index in [-0.39, 0.29) is 30.2 Å². The molecule has 4 atom stereocenters. The summed E-state index contributed by atoms with van der Waals surface area (Å²) in [5.74, 6) is -0.224. The van der Waals surface area contributed by atoms with Gasteiger partial charge in [-0.05, 0) is 70.1 Å². The first kappa shape index (κ1) is 30.2. The Balaban J connectivity index is 2.04. The Morgan fingerprint density at radius 1 is 1.08 bits per heavy atom. The Bertz CT molecular complexity index is 1140. The monoisotopic (exact) mass is 535 g/mol. The number of hydrogen-bond acceptors (Lipinski definition) is 4. The SMILES string of the molecule is CCCCNC(=O)C(c1ccc(C)cc1C)N(C(=O)C(Cc1ccccc1)NC(=O)OC(C)(C)C)C1CC1C. The number of carbonyl (C=O) groups is 3. The van der Waals surface area contributed by atoms with Gasteiger partial charge in [-0.25, -0.2) is 4.79 Å². The average molecular weight is 536 g/mol. The number of ether oxygens (including phenoxy) is 1. The molecule has 1 fully saturated rings. The Morgan fingerprint density at radius 2 is 1.74 bits per heavy atom. The minimum Gasteiger partial charge on any atom is -0.444 e. The van der Waals surface area contributed by atoms with Gasteiger partial charge in [0.25, 0.3) is 0 Å². The molecule has 1 saturated carbocycles. The molecule has 0 bridgehead atoms. The highest BCUT2D eigenvalue weighted by Crippen LogP contribution is 2.41. The maximum Gasteiger partial charge on any atom is 0.408 e. The molecule has 3 amide bonds. The summed E-state index contributed by atoms with van der Waals surface area (Å²) in [5, 5.41) is 5.91. The van der Waals surface area contributed by atoms with E-state index in [0.717, 1.165) is 41.5 Å². The van der Waals surface area contributed by atoms with Crippen molar-refractivity contribution in [1.82, 2.24) is 15.5 Å².